The number of likely N-dealkylation sites (tertiary alicyclic amines) is 1. The van der Waals surface area contributed by atoms with Crippen molar-refractivity contribution in [2.24, 2.45) is 5.92 Å². The Morgan fingerprint density at radius 3 is 2.77 bits per heavy atom. The van der Waals surface area contributed by atoms with E-state index in [0.29, 0.717) is 0 Å². The van der Waals surface area contributed by atoms with Gasteiger partial charge in [-0.2, -0.15) is 0 Å². The number of aromatic amines is 1. The Morgan fingerprint density at radius 1 is 1.19 bits per heavy atom. The van der Waals surface area contributed by atoms with Gasteiger partial charge in [0.1, 0.15) is 0 Å². The van der Waals surface area contributed by atoms with E-state index in [1.54, 1.807) is 0 Å². The first-order valence-corrected chi connectivity index (χ1v) is 11.7. The molecule has 1 unspecified atom stereocenters. The van der Waals surface area contributed by atoms with Gasteiger partial charge in [0.15, 0.2) is 0 Å². The first-order valence-electron chi connectivity index (χ1n) is 11.7. The Balaban J connectivity index is 0.000000181. The Labute approximate surface area is 212 Å². The van der Waals surface area contributed by atoms with Gasteiger partial charge in [0, 0.05) is 51.2 Å². The molecule has 1 saturated carbocycles. The normalized spacial score (nSPS) is 18.5. The summed E-state index contributed by atoms with van der Waals surface area (Å²) in [5.74, 6) is 1.72. The van der Waals surface area contributed by atoms with Gasteiger partial charge < -0.3 is 19.9 Å². The zero-order valence-corrected chi connectivity index (χ0v) is 21.9. The second-order valence-electron chi connectivity index (χ2n) is 9.02. The van der Waals surface area contributed by atoms with Gasteiger partial charge in [-0.1, -0.05) is 43.0 Å². The quantitative estimate of drug-likeness (QED) is 0.432. The molecule has 5 rings (SSSR count). The second-order valence-corrected chi connectivity index (χ2v) is 9.02. The SMILES string of the molecule is CCCC1CCN(CCCc2ccccc2C)C1.[Y].[c-]1ncnc2[nH]c(C3CC3)cc12. The van der Waals surface area contributed by atoms with Crippen LogP contribution in [0.15, 0.2) is 36.7 Å². The van der Waals surface area contributed by atoms with Crippen LogP contribution in [0.3, 0.4) is 0 Å². The third kappa shape index (κ3) is 7.20. The number of fused-ring (bicyclic) bond motifs is 1. The number of nitrogens with zero attached hydrogens (tertiary/aromatic N) is 3. The minimum Gasteiger partial charge on any atom is -0.391 e. The standard InChI is InChI=1S/C17H27N.C9H8N3.Y/c1-3-7-16-11-13-18(14-16)12-6-10-17-9-5-4-8-15(17)2;1-2-6(1)8-3-7-4-10-5-11-9(7)12-8;/h4-5,8-9,16H,3,6-7,10-14H2,1-2H3;3,5-6H,1-2H2,(H,10,11,12);/q;-1;. The molecule has 1 atom stereocenters. The molecule has 1 N–H and O–H groups in total. The summed E-state index contributed by atoms with van der Waals surface area (Å²) in [6, 6.07) is 10.9. The zero-order chi connectivity index (χ0) is 20.8. The van der Waals surface area contributed by atoms with E-state index in [1.165, 1.54) is 87.7 Å². The number of nitrogens with one attached hydrogen (secondary N) is 1. The summed E-state index contributed by atoms with van der Waals surface area (Å²) < 4.78 is 0. The molecule has 2 aromatic heterocycles. The number of aryl methyl sites for hydroxylation is 2. The van der Waals surface area contributed by atoms with Crippen molar-refractivity contribution in [3.8, 4) is 0 Å². The van der Waals surface area contributed by atoms with Crippen molar-refractivity contribution in [1.82, 2.24) is 19.9 Å². The van der Waals surface area contributed by atoms with Crippen molar-refractivity contribution in [3.63, 3.8) is 0 Å². The molecule has 3 aromatic rings. The molecule has 163 valence electrons. The fourth-order valence-electron chi connectivity index (χ4n) is 4.59. The van der Waals surface area contributed by atoms with Crippen LogP contribution in [0, 0.1) is 19.0 Å². The van der Waals surface area contributed by atoms with E-state index >= 15 is 0 Å². The van der Waals surface area contributed by atoms with Crippen molar-refractivity contribution in [2.45, 2.75) is 64.7 Å². The van der Waals surface area contributed by atoms with E-state index in [2.05, 4.69) is 70.2 Å². The summed E-state index contributed by atoms with van der Waals surface area (Å²) in [6.45, 7) is 8.50. The molecule has 1 aliphatic carbocycles. The van der Waals surface area contributed by atoms with Gasteiger partial charge in [-0.15, -0.1) is 6.07 Å². The second kappa shape index (κ2) is 12.2. The van der Waals surface area contributed by atoms with Gasteiger partial charge in [-0.25, -0.2) is 0 Å². The number of hydrogen-bond donors (Lipinski definition) is 1. The van der Waals surface area contributed by atoms with Crippen molar-refractivity contribution in [1.29, 1.82) is 0 Å². The van der Waals surface area contributed by atoms with E-state index in [9.17, 15) is 0 Å². The van der Waals surface area contributed by atoms with Gasteiger partial charge in [-0.3, -0.25) is 0 Å². The fourth-order valence-corrected chi connectivity index (χ4v) is 4.59. The van der Waals surface area contributed by atoms with Crippen LogP contribution in [0.5, 0.6) is 0 Å². The molecule has 5 heteroatoms. The summed E-state index contributed by atoms with van der Waals surface area (Å²) in [5.41, 5.74) is 5.18. The van der Waals surface area contributed by atoms with Crippen LogP contribution in [0.25, 0.3) is 11.0 Å². The Hall–Kier alpha value is -1.10. The third-order valence-electron chi connectivity index (χ3n) is 6.51. The van der Waals surface area contributed by atoms with Gasteiger partial charge in [0.25, 0.3) is 0 Å². The van der Waals surface area contributed by atoms with E-state index < -0.39 is 0 Å². The number of rotatable bonds is 7. The van der Waals surface area contributed by atoms with E-state index in [4.69, 9.17) is 0 Å². The van der Waals surface area contributed by atoms with Gasteiger partial charge in [0.2, 0.25) is 0 Å². The van der Waals surface area contributed by atoms with Crippen LogP contribution >= 0.6 is 0 Å². The van der Waals surface area contributed by atoms with Crippen LogP contribution in [0.2, 0.25) is 0 Å². The average molecular weight is 493 g/mol. The Bertz CT molecular complexity index is 901. The molecule has 0 spiro atoms. The first kappa shape index (κ1) is 24.5. The molecule has 1 aromatic carbocycles. The largest absolute Gasteiger partial charge is 0.391 e. The van der Waals surface area contributed by atoms with Crippen LogP contribution < -0.4 is 0 Å². The smallest absolute Gasteiger partial charge is 0.0455 e. The summed E-state index contributed by atoms with van der Waals surface area (Å²) in [4.78, 5) is 13.9. The van der Waals surface area contributed by atoms with E-state index in [-0.39, 0.29) is 32.7 Å². The predicted molar refractivity (Wildman–Crippen MR) is 124 cm³/mol. The summed E-state index contributed by atoms with van der Waals surface area (Å²) in [5, 5.41) is 0.999. The van der Waals surface area contributed by atoms with Crippen LogP contribution in [0.1, 0.15) is 68.2 Å². The number of hydrogen-bond acceptors (Lipinski definition) is 3. The molecule has 31 heavy (non-hydrogen) atoms. The minimum atomic E-state index is 0. The number of aromatic nitrogens is 3. The molecule has 4 nitrogen and oxygen atoms in total. The predicted octanol–water partition coefficient (Wildman–Crippen LogP) is 5.68. The van der Waals surface area contributed by atoms with Crippen molar-refractivity contribution in [3.05, 3.63) is 59.7 Å². The first-order chi connectivity index (χ1) is 14.7. The topological polar surface area (TPSA) is 44.8 Å². The maximum Gasteiger partial charge on any atom is 0.0455 e. The zero-order valence-electron chi connectivity index (χ0n) is 19.1. The minimum absolute atomic E-state index is 0. The van der Waals surface area contributed by atoms with E-state index in [0.717, 1.165) is 22.9 Å². The molecule has 1 radical (unpaired) electrons. The molecule has 0 amide bonds. The summed E-state index contributed by atoms with van der Waals surface area (Å²) in [6.07, 6.45) is 13.8. The molecule has 1 saturated heterocycles. The van der Waals surface area contributed by atoms with Crippen molar-refractivity contribution >= 4 is 11.0 Å². The fraction of sp³-hybridized carbons (Fsp3) is 0.538. The van der Waals surface area contributed by atoms with Crippen LogP contribution in [-0.4, -0.2) is 39.5 Å². The van der Waals surface area contributed by atoms with Crippen LogP contribution in [-0.2, 0) is 39.1 Å². The molecule has 0 bridgehead atoms. The number of benzene rings is 1. The van der Waals surface area contributed by atoms with Crippen molar-refractivity contribution in [2.75, 3.05) is 19.6 Å². The Morgan fingerprint density at radius 2 is 2.03 bits per heavy atom. The van der Waals surface area contributed by atoms with Gasteiger partial charge >= 0.3 is 0 Å². The maximum absolute atomic E-state index is 4.11. The summed E-state index contributed by atoms with van der Waals surface area (Å²) >= 11 is 0. The molecule has 1 aliphatic heterocycles. The van der Waals surface area contributed by atoms with Gasteiger partial charge in [-0.05, 0) is 93.4 Å². The number of H-pyrrole nitrogens is 1. The molecule has 3 heterocycles. The average Bonchev–Trinajstić information content (AvgIpc) is 3.37. The van der Waals surface area contributed by atoms with Crippen molar-refractivity contribution < 1.29 is 32.7 Å². The van der Waals surface area contributed by atoms with Gasteiger partial charge in [0.05, 0.1) is 0 Å². The molecule has 2 aliphatic rings. The molecule has 2 fully saturated rings. The molecular formula is C26H35N4Y-. The summed E-state index contributed by atoms with van der Waals surface area (Å²) in [7, 11) is 0. The van der Waals surface area contributed by atoms with Crippen LogP contribution in [0.4, 0.5) is 0 Å². The Kier molecular flexibility index (Phi) is 9.68. The maximum atomic E-state index is 4.11. The van der Waals surface area contributed by atoms with E-state index in [1.807, 2.05) is 0 Å². The monoisotopic (exact) mass is 492 g/mol. The molecular weight excluding hydrogens is 457 g/mol. The third-order valence-corrected chi connectivity index (χ3v) is 6.51.